The van der Waals surface area contributed by atoms with Gasteiger partial charge >= 0.3 is 0 Å². The number of aromatic nitrogens is 1. The van der Waals surface area contributed by atoms with Crippen LogP contribution < -0.4 is 0 Å². The molecule has 78 valence electrons. The molecule has 0 amide bonds. The molecule has 1 aliphatic rings. The minimum Gasteiger partial charge on any atom is -0.383 e. The smallest absolute Gasteiger partial charge is 0.190 e. The molecule has 0 bridgehead atoms. The molecule has 3 nitrogen and oxygen atoms in total. The molecule has 0 saturated carbocycles. The molecule has 0 atom stereocenters. The lowest BCUT2D eigenvalue weighted by atomic mass is 9.88. The number of aryl methyl sites for hydroxylation is 1. The van der Waals surface area contributed by atoms with Crippen LogP contribution in [0, 0.1) is 0 Å². The quantitative estimate of drug-likeness (QED) is 0.649. The van der Waals surface area contributed by atoms with E-state index in [-0.39, 0.29) is 5.78 Å². The molecule has 0 aliphatic heterocycles. The van der Waals surface area contributed by atoms with Gasteiger partial charge in [-0.05, 0) is 24.5 Å². The first-order valence-electron chi connectivity index (χ1n) is 5.03. The highest BCUT2D eigenvalue weighted by molar-refractivity contribution is 6.10. The number of nitrogens with zero attached hydrogens (tertiary/aromatic N) is 2. The maximum atomic E-state index is 12.0. The van der Waals surface area contributed by atoms with Crippen LogP contribution in [0.3, 0.4) is 0 Å². The van der Waals surface area contributed by atoms with E-state index < -0.39 is 0 Å². The molecule has 0 aromatic carbocycles. The lowest BCUT2D eigenvalue weighted by molar-refractivity contribution is 0.102. The zero-order valence-corrected chi connectivity index (χ0v) is 9.03. The van der Waals surface area contributed by atoms with E-state index in [1.807, 2.05) is 25.2 Å². The van der Waals surface area contributed by atoms with Gasteiger partial charge < -0.3 is 4.90 Å². The second kappa shape index (κ2) is 3.85. The van der Waals surface area contributed by atoms with E-state index in [2.05, 4.69) is 4.98 Å². The monoisotopic (exact) mass is 202 g/mol. The minimum absolute atomic E-state index is 0.146. The van der Waals surface area contributed by atoms with Crippen LogP contribution in [0.15, 0.2) is 30.2 Å². The lowest BCUT2D eigenvalue weighted by Gasteiger charge is -2.18. The summed E-state index contributed by atoms with van der Waals surface area (Å²) in [7, 11) is 3.87. The van der Waals surface area contributed by atoms with Crippen molar-refractivity contribution in [2.24, 2.45) is 0 Å². The third-order valence-corrected chi connectivity index (χ3v) is 2.52. The number of hydrogen-bond donors (Lipinski definition) is 0. The topological polar surface area (TPSA) is 33.2 Å². The Morgan fingerprint density at radius 3 is 2.93 bits per heavy atom. The third-order valence-electron chi connectivity index (χ3n) is 2.52. The first-order valence-corrected chi connectivity index (χ1v) is 5.03. The van der Waals surface area contributed by atoms with Crippen LogP contribution in [0.5, 0.6) is 0 Å². The van der Waals surface area contributed by atoms with E-state index in [1.165, 1.54) is 0 Å². The van der Waals surface area contributed by atoms with Crippen molar-refractivity contribution >= 4 is 5.78 Å². The normalized spacial score (nSPS) is 17.7. The van der Waals surface area contributed by atoms with Crippen molar-refractivity contribution in [2.45, 2.75) is 12.8 Å². The SMILES string of the molecule is CN(C)/C=C1\CCc2cnccc2C1=O. The fourth-order valence-corrected chi connectivity index (χ4v) is 1.84. The Morgan fingerprint density at radius 1 is 1.40 bits per heavy atom. The highest BCUT2D eigenvalue weighted by Gasteiger charge is 2.21. The molecule has 0 saturated heterocycles. The molecule has 0 N–H and O–H groups in total. The van der Waals surface area contributed by atoms with E-state index in [1.54, 1.807) is 18.5 Å². The molecule has 2 rings (SSSR count). The molecular weight excluding hydrogens is 188 g/mol. The maximum Gasteiger partial charge on any atom is 0.190 e. The summed E-state index contributed by atoms with van der Waals surface area (Å²) in [6.45, 7) is 0. The summed E-state index contributed by atoms with van der Waals surface area (Å²) in [6, 6.07) is 1.81. The van der Waals surface area contributed by atoms with Crippen LogP contribution in [0.1, 0.15) is 22.3 Å². The van der Waals surface area contributed by atoms with Crippen LogP contribution in [0.25, 0.3) is 0 Å². The van der Waals surface area contributed by atoms with Gasteiger partial charge in [0, 0.05) is 43.8 Å². The van der Waals surface area contributed by atoms with Crippen LogP contribution in [0.2, 0.25) is 0 Å². The number of allylic oxidation sites excluding steroid dienone is 1. The van der Waals surface area contributed by atoms with Crippen molar-refractivity contribution in [3.05, 3.63) is 41.4 Å². The van der Waals surface area contributed by atoms with Gasteiger partial charge in [0.15, 0.2) is 5.78 Å². The average molecular weight is 202 g/mol. The molecule has 1 aromatic heterocycles. The molecule has 1 aromatic rings. The Hall–Kier alpha value is -1.64. The Kier molecular flexibility index (Phi) is 2.54. The third kappa shape index (κ3) is 1.91. The summed E-state index contributed by atoms with van der Waals surface area (Å²) in [5, 5.41) is 0. The number of carbonyl (C=O) groups excluding carboxylic acids is 1. The van der Waals surface area contributed by atoms with Gasteiger partial charge in [0.2, 0.25) is 0 Å². The second-order valence-electron chi connectivity index (χ2n) is 3.98. The van der Waals surface area contributed by atoms with E-state index >= 15 is 0 Å². The lowest BCUT2D eigenvalue weighted by Crippen LogP contribution is -2.17. The van der Waals surface area contributed by atoms with Crippen molar-refractivity contribution in [2.75, 3.05) is 14.1 Å². The van der Waals surface area contributed by atoms with Crippen molar-refractivity contribution in [1.29, 1.82) is 0 Å². The molecule has 15 heavy (non-hydrogen) atoms. The van der Waals surface area contributed by atoms with E-state index in [9.17, 15) is 4.79 Å². The van der Waals surface area contributed by atoms with Crippen molar-refractivity contribution in [1.82, 2.24) is 9.88 Å². The van der Waals surface area contributed by atoms with Gasteiger partial charge in [-0.2, -0.15) is 0 Å². The van der Waals surface area contributed by atoms with Crippen molar-refractivity contribution in [3.8, 4) is 0 Å². The first-order chi connectivity index (χ1) is 7.18. The van der Waals surface area contributed by atoms with Gasteiger partial charge in [-0.15, -0.1) is 0 Å². The molecule has 0 fully saturated rings. The Balaban J connectivity index is 2.38. The minimum atomic E-state index is 0.146. The number of pyridine rings is 1. The summed E-state index contributed by atoms with van der Waals surface area (Å²) in [5.74, 6) is 0.146. The summed E-state index contributed by atoms with van der Waals surface area (Å²) in [5.41, 5.74) is 2.77. The summed E-state index contributed by atoms with van der Waals surface area (Å²) in [6.07, 6.45) is 7.10. The van der Waals surface area contributed by atoms with Crippen LogP contribution in [-0.2, 0) is 6.42 Å². The van der Waals surface area contributed by atoms with Crippen LogP contribution in [-0.4, -0.2) is 29.8 Å². The van der Waals surface area contributed by atoms with Gasteiger partial charge in [0.25, 0.3) is 0 Å². The zero-order chi connectivity index (χ0) is 10.8. The number of hydrogen-bond acceptors (Lipinski definition) is 3. The fourth-order valence-electron chi connectivity index (χ4n) is 1.84. The van der Waals surface area contributed by atoms with Gasteiger partial charge in [0.1, 0.15) is 0 Å². The van der Waals surface area contributed by atoms with Gasteiger partial charge in [-0.25, -0.2) is 0 Å². The van der Waals surface area contributed by atoms with Crippen LogP contribution in [0.4, 0.5) is 0 Å². The average Bonchev–Trinajstić information content (AvgIpc) is 2.22. The molecule has 3 heteroatoms. The number of Topliss-reactive ketones (excluding diaryl/α,β-unsaturated/α-hetero) is 1. The Morgan fingerprint density at radius 2 is 2.20 bits per heavy atom. The number of ketones is 1. The highest BCUT2D eigenvalue weighted by Crippen LogP contribution is 2.24. The van der Waals surface area contributed by atoms with Crippen molar-refractivity contribution in [3.63, 3.8) is 0 Å². The standard InChI is InChI=1S/C12H14N2O/c1-14(2)8-10-4-3-9-7-13-6-5-11(9)12(10)15/h5-8H,3-4H2,1-2H3/b10-8+. The largest absolute Gasteiger partial charge is 0.383 e. The molecule has 0 unspecified atom stereocenters. The predicted octanol–water partition coefficient (Wildman–Crippen LogP) is 1.66. The first kappa shape index (κ1) is 9.90. The van der Waals surface area contributed by atoms with E-state index in [0.717, 1.165) is 29.5 Å². The van der Waals surface area contributed by atoms with Gasteiger partial charge in [0.05, 0.1) is 0 Å². The maximum absolute atomic E-state index is 12.0. The Bertz CT molecular complexity index is 421. The van der Waals surface area contributed by atoms with Crippen LogP contribution >= 0.6 is 0 Å². The predicted molar refractivity (Wildman–Crippen MR) is 58.7 cm³/mol. The fraction of sp³-hybridized carbons (Fsp3) is 0.333. The van der Waals surface area contributed by atoms with Gasteiger partial charge in [-0.3, -0.25) is 9.78 Å². The Labute approximate surface area is 89.4 Å². The summed E-state index contributed by atoms with van der Waals surface area (Å²) >= 11 is 0. The molecular formula is C12H14N2O. The summed E-state index contributed by atoms with van der Waals surface area (Å²) < 4.78 is 0. The zero-order valence-electron chi connectivity index (χ0n) is 9.03. The molecule has 0 radical (unpaired) electrons. The molecule has 1 aliphatic carbocycles. The number of fused-ring (bicyclic) bond motifs is 1. The summed E-state index contributed by atoms with van der Waals surface area (Å²) in [4.78, 5) is 18.0. The van der Waals surface area contributed by atoms with E-state index in [4.69, 9.17) is 0 Å². The molecule has 0 spiro atoms. The number of rotatable bonds is 1. The van der Waals surface area contributed by atoms with E-state index in [0.29, 0.717) is 0 Å². The highest BCUT2D eigenvalue weighted by atomic mass is 16.1. The number of carbonyl (C=O) groups is 1. The van der Waals surface area contributed by atoms with Crippen molar-refractivity contribution < 1.29 is 4.79 Å². The second-order valence-corrected chi connectivity index (χ2v) is 3.98. The molecule has 1 heterocycles. The van der Waals surface area contributed by atoms with Gasteiger partial charge in [-0.1, -0.05) is 0 Å².